The highest BCUT2D eigenvalue weighted by atomic mass is 32.1. The normalized spacial score (nSPS) is 12.2. The van der Waals surface area contributed by atoms with Gasteiger partial charge in [-0.15, -0.1) is 0 Å². The summed E-state index contributed by atoms with van der Waals surface area (Å²) in [6.07, 6.45) is 0. The van der Waals surface area contributed by atoms with Gasteiger partial charge in [-0.1, -0.05) is 11.3 Å². The van der Waals surface area contributed by atoms with Gasteiger partial charge in [0.2, 0.25) is 4.80 Å². The van der Waals surface area contributed by atoms with E-state index in [-0.39, 0.29) is 0 Å². The summed E-state index contributed by atoms with van der Waals surface area (Å²) in [6.45, 7) is 5.60. The van der Waals surface area contributed by atoms with Gasteiger partial charge >= 0.3 is 0 Å². The summed E-state index contributed by atoms with van der Waals surface area (Å²) in [5.74, 6) is 6.26. The predicted octanol–water partition coefficient (Wildman–Crippen LogP) is 1.90. The first kappa shape index (κ1) is 11.0. The van der Waals surface area contributed by atoms with Crippen molar-refractivity contribution in [1.29, 1.82) is 0 Å². The van der Waals surface area contributed by atoms with Crippen molar-refractivity contribution in [2.75, 3.05) is 6.61 Å². The van der Waals surface area contributed by atoms with Crippen LogP contribution >= 0.6 is 11.3 Å². The zero-order chi connectivity index (χ0) is 11.5. The highest BCUT2D eigenvalue weighted by Gasteiger charge is 2.05. The van der Waals surface area contributed by atoms with Gasteiger partial charge in [0.15, 0.2) is 0 Å². The molecule has 0 saturated carbocycles. The molecule has 0 aliphatic rings. The molecule has 1 aromatic carbocycles. The molecule has 1 aromatic heterocycles. The number of hydrogen-bond acceptors (Lipinski definition) is 4. The van der Waals surface area contributed by atoms with Crippen LogP contribution in [-0.4, -0.2) is 11.2 Å². The summed E-state index contributed by atoms with van der Waals surface area (Å²) in [7, 11) is 0. The van der Waals surface area contributed by atoms with Crippen LogP contribution in [0.3, 0.4) is 0 Å². The second kappa shape index (κ2) is 4.57. The lowest BCUT2D eigenvalue weighted by Gasteiger charge is -2.03. The summed E-state index contributed by atoms with van der Waals surface area (Å²) in [5, 5.41) is 3.79. The van der Waals surface area contributed by atoms with Crippen LogP contribution in [-0.2, 0) is 6.54 Å². The van der Waals surface area contributed by atoms with E-state index in [0.29, 0.717) is 6.61 Å². The zero-order valence-electron chi connectivity index (χ0n) is 9.43. The van der Waals surface area contributed by atoms with Crippen molar-refractivity contribution in [3.8, 4) is 5.75 Å². The van der Waals surface area contributed by atoms with E-state index in [9.17, 15) is 0 Å². The molecule has 4 nitrogen and oxygen atoms in total. The molecule has 16 heavy (non-hydrogen) atoms. The molecule has 0 radical (unpaired) electrons. The Hall–Kier alpha value is -1.49. The maximum absolute atomic E-state index is 5.47. The molecule has 0 atom stereocenters. The molecule has 0 fully saturated rings. The Morgan fingerprint density at radius 1 is 1.44 bits per heavy atom. The Morgan fingerprint density at radius 2 is 2.25 bits per heavy atom. The number of benzene rings is 1. The topological polar surface area (TPSA) is 52.5 Å². The van der Waals surface area contributed by atoms with Gasteiger partial charge in [-0.25, -0.2) is 0 Å². The average molecular weight is 237 g/mol. The van der Waals surface area contributed by atoms with Crippen molar-refractivity contribution in [2.24, 2.45) is 10.9 Å². The number of fused-ring (bicyclic) bond motifs is 1. The maximum atomic E-state index is 5.47. The van der Waals surface area contributed by atoms with Gasteiger partial charge in [-0.05, 0) is 32.0 Å². The smallest absolute Gasteiger partial charge is 0.208 e. The third-order valence-electron chi connectivity index (χ3n) is 2.39. The van der Waals surface area contributed by atoms with Gasteiger partial charge in [0.1, 0.15) is 5.75 Å². The van der Waals surface area contributed by atoms with Gasteiger partial charge in [-0.3, -0.25) is 0 Å². The Balaban J connectivity index is 2.63. The number of nitrogens with zero attached hydrogens (tertiary/aromatic N) is 2. The molecule has 0 unspecified atom stereocenters. The molecule has 2 rings (SSSR count). The first-order valence-electron chi connectivity index (χ1n) is 5.30. The second-order valence-electron chi connectivity index (χ2n) is 3.32. The molecule has 1 heterocycles. The lowest BCUT2D eigenvalue weighted by atomic mass is 10.3. The summed E-state index contributed by atoms with van der Waals surface area (Å²) in [5.41, 5.74) is 1.15. The monoisotopic (exact) mass is 237 g/mol. The SMILES string of the molecule is CCOc1ccc2c(c1)s/c(=N/N)n2CC. The number of hydrogen-bond donors (Lipinski definition) is 1. The van der Waals surface area contributed by atoms with Crippen LogP contribution in [0.2, 0.25) is 0 Å². The van der Waals surface area contributed by atoms with E-state index in [1.807, 2.05) is 19.1 Å². The standard InChI is InChI=1S/C11H15N3OS/c1-3-14-9-6-5-8(15-4-2)7-10(9)16-11(14)13-12/h5-7H,3-4,12H2,1-2H3/b13-11+. The first-order valence-corrected chi connectivity index (χ1v) is 6.12. The molecule has 0 bridgehead atoms. The van der Waals surface area contributed by atoms with Crippen LogP contribution < -0.4 is 15.4 Å². The number of nitrogens with two attached hydrogens (primary N) is 1. The fourth-order valence-corrected chi connectivity index (χ4v) is 2.76. The Kier molecular flexibility index (Phi) is 3.14. The van der Waals surface area contributed by atoms with Gasteiger partial charge in [-0.2, -0.15) is 5.10 Å². The van der Waals surface area contributed by atoms with Crippen LogP contribution in [0.1, 0.15) is 13.8 Å². The van der Waals surface area contributed by atoms with Crippen molar-refractivity contribution >= 4 is 21.6 Å². The first-order chi connectivity index (χ1) is 7.80. The van der Waals surface area contributed by atoms with Crippen molar-refractivity contribution in [3.05, 3.63) is 23.0 Å². The van der Waals surface area contributed by atoms with Crippen LogP contribution in [0, 0.1) is 0 Å². The minimum Gasteiger partial charge on any atom is -0.494 e. The quantitative estimate of drug-likeness (QED) is 0.654. The summed E-state index contributed by atoms with van der Waals surface area (Å²) in [6, 6.07) is 6.06. The molecule has 0 aliphatic heterocycles. The molecule has 0 saturated heterocycles. The highest BCUT2D eigenvalue weighted by molar-refractivity contribution is 7.16. The minimum atomic E-state index is 0.679. The summed E-state index contributed by atoms with van der Waals surface area (Å²) in [4.78, 5) is 0.839. The van der Waals surface area contributed by atoms with E-state index in [0.717, 1.165) is 27.3 Å². The number of rotatable bonds is 3. The van der Waals surface area contributed by atoms with Crippen molar-refractivity contribution in [2.45, 2.75) is 20.4 Å². The number of aromatic nitrogens is 1. The number of ether oxygens (including phenoxy) is 1. The van der Waals surface area contributed by atoms with E-state index >= 15 is 0 Å². The lowest BCUT2D eigenvalue weighted by molar-refractivity contribution is 0.341. The van der Waals surface area contributed by atoms with Crippen LogP contribution in [0.25, 0.3) is 10.2 Å². The highest BCUT2D eigenvalue weighted by Crippen LogP contribution is 2.23. The Bertz CT molecular complexity index is 556. The third-order valence-corrected chi connectivity index (χ3v) is 3.45. The van der Waals surface area contributed by atoms with E-state index < -0.39 is 0 Å². The Labute approximate surface area is 98.0 Å². The molecule has 0 amide bonds. The zero-order valence-corrected chi connectivity index (χ0v) is 10.3. The van der Waals surface area contributed by atoms with Crippen molar-refractivity contribution in [1.82, 2.24) is 4.57 Å². The fourth-order valence-electron chi connectivity index (χ4n) is 1.71. The minimum absolute atomic E-state index is 0.679. The molecule has 5 heteroatoms. The lowest BCUT2D eigenvalue weighted by Crippen LogP contribution is -2.15. The van der Waals surface area contributed by atoms with E-state index in [1.165, 1.54) is 0 Å². The van der Waals surface area contributed by atoms with Gasteiger partial charge in [0, 0.05) is 6.54 Å². The van der Waals surface area contributed by atoms with E-state index in [1.54, 1.807) is 11.3 Å². The molecule has 0 aliphatic carbocycles. The summed E-state index contributed by atoms with van der Waals surface area (Å²) >= 11 is 1.58. The number of thiazole rings is 1. The average Bonchev–Trinajstić information content (AvgIpc) is 2.66. The second-order valence-corrected chi connectivity index (χ2v) is 4.33. The summed E-state index contributed by atoms with van der Waals surface area (Å²) < 4.78 is 8.71. The molecule has 0 spiro atoms. The molecular formula is C11H15N3OS. The van der Waals surface area contributed by atoms with Gasteiger partial charge in [0.05, 0.1) is 16.8 Å². The van der Waals surface area contributed by atoms with Gasteiger partial charge < -0.3 is 15.1 Å². The molecule has 86 valence electrons. The Morgan fingerprint density at radius 3 is 2.88 bits per heavy atom. The van der Waals surface area contributed by atoms with E-state index in [4.69, 9.17) is 10.6 Å². The van der Waals surface area contributed by atoms with Crippen LogP contribution in [0.15, 0.2) is 23.3 Å². The largest absolute Gasteiger partial charge is 0.494 e. The van der Waals surface area contributed by atoms with Crippen LogP contribution in [0.4, 0.5) is 0 Å². The fraction of sp³-hybridized carbons (Fsp3) is 0.364. The molecule has 2 aromatic rings. The van der Waals surface area contributed by atoms with E-state index in [2.05, 4.69) is 22.7 Å². The van der Waals surface area contributed by atoms with Gasteiger partial charge in [0.25, 0.3) is 0 Å². The van der Waals surface area contributed by atoms with Crippen LogP contribution in [0.5, 0.6) is 5.75 Å². The molecule has 2 N–H and O–H groups in total. The predicted molar refractivity (Wildman–Crippen MR) is 66.4 cm³/mol. The maximum Gasteiger partial charge on any atom is 0.208 e. The van der Waals surface area contributed by atoms with Crippen molar-refractivity contribution in [3.63, 3.8) is 0 Å². The number of aryl methyl sites for hydroxylation is 1. The van der Waals surface area contributed by atoms with Crippen molar-refractivity contribution < 1.29 is 4.74 Å². The third kappa shape index (κ3) is 1.78. The molecular weight excluding hydrogens is 222 g/mol.